The van der Waals surface area contributed by atoms with Crippen molar-refractivity contribution in [3.8, 4) is 0 Å². The first kappa shape index (κ1) is 53.7. The number of carboxylic acids is 2. The van der Waals surface area contributed by atoms with Crippen LogP contribution in [-0.4, -0.2) is 268 Å². The predicted molar refractivity (Wildman–Crippen MR) is 196 cm³/mol. The van der Waals surface area contributed by atoms with Gasteiger partial charge in [-0.15, -0.1) is 0 Å². The topological polar surface area (TPSA) is 470 Å². The number of amides is 2. The number of nitrogens with one attached hydrogen (secondary N) is 2. The van der Waals surface area contributed by atoms with E-state index in [1.807, 2.05) is 0 Å². The Morgan fingerprint density at radius 1 is 0.688 bits per heavy atom. The number of carbonyl (C=O) groups excluding carboxylic acids is 2. The summed E-state index contributed by atoms with van der Waals surface area (Å²) in [6.07, 6.45) is -39.0. The summed E-state index contributed by atoms with van der Waals surface area (Å²) in [7, 11) is 1.07. The van der Waals surface area contributed by atoms with Gasteiger partial charge in [-0.05, 0) is 0 Å². The van der Waals surface area contributed by atoms with Crippen molar-refractivity contribution in [1.82, 2.24) is 10.6 Å². The maximum absolute atomic E-state index is 12.9. The van der Waals surface area contributed by atoms with Gasteiger partial charge in [0.25, 0.3) is 11.6 Å². The van der Waals surface area contributed by atoms with Gasteiger partial charge in [-0.3, -0.25) is 9.59 Å². The van der Waals surface area contributed by atoms with Crippen LogP contribution in [0.5, 0.6) is 0 Å². The highest BCUT2D eigenvalue weighted by Crippen LogP contribution is 2.39. The lowest BCUT2D eigenvalue weighted by Crippen LogP contribution is -2.71. The highest BCUT2D eigenvalue weighted by molar-refractivity contribution is 5.77. The lowest BCUT2D eigenvalue weighted by Gasteiger charge is -2.51. The quantitative estimate of drug-likeness (QED) is 0.0572. The smallest absolute Gasteiger partial charge is 0.364 e. The van der Waals surface area contributed by atoms with Crippen molar-refractivity contribution in [3.05, 3.63) is 0 Å². The van der Waals surface area contributed by atoms with Crippen LogP contribution in [0.25, 0.3) is 0 Å². The number of carbonyl (C=O) groups is 4. The fourth-order valence-corrected chi connectivity index (χ4v) is 7.82. The monoisotopic (exact) mass is 938 g/mol. The lowest BCUT2D eigenvalue weighted by molar-refractivity contribution is -0.382. The minimum atomic E-state index is -3.18. The summed E-state index contributed by atoms with van der Waals surface area (Å²) < 4.78 is 43.9. The molecule has 29 nitrogen and oxygen atoms in total. The molecule has 2 amide bonds. The second-order valence-corrected chi connectivity index (χ2v) is 15.7. The van der Waals surface area contributed by atoms with Crippen molar-refractivity contribution in [2.75, 3.05) is 33.5 Å². The number of aliphatic hydroxyl groups excluding tert-OH is 13. The zero-order chi connectivity index (χ0) is 48.2. The number of hydrogen-bond acceptors (Lipinski definition) is 25. The maximum atomic E-state index is 12.9. The van der Waals surface area contributed by atoms with E-state index in [1.165, 1.54) is 0 Å². The summed E-state index contributed by atoms with van der Waals surface area (Å²) >= 11 is 0. The van der Waals surface area contributed by atoms with E-state index in [4.69, 9.17) is 37.9 Å². The minimum absolute atomic E-state index is 0.814. The zero-order valence-corrected chi connectivity index (χ0v) is 34.4. The molecule has 4 heterocycles. The molecular weight excluding hydrogens is 880 g/mol. The molecule has 1 unspecified atom stereocenters. The molecule has 17 N–H and O–H groups in total. The molecule has 0 bridgehead atoms. The van der Waals surface area contributed by atoms with E-state index in [1.54, 1.807) is 0 Å². The Labute approximate surface area is 362 Å². The van der Waals surface area contributed by atoms with Gasteiger partial charge in [-0.25, -0.2) is 9.59 Å². The Morgan fingerprint density at radius 2 is 1.25 bits per heavy atom. The van der Waals surface area contributed by atoms with E-state index in [0.29, 0.717) is 0 Å². The maximum Gasteiger partial charge on any atom is 0.364 e. The van der Waals surface area contributed by atoms with E-state index in [-0.39, 0.29) is 0 Å². The SMILES string of the molecule is CO[C@H](CO)[C@@H](O)[C@@H]1O[C@@](OC[C@H]2OC(O)[C@H](NC(C)=O)[C@@H](O[C@@H]3O[C@H](CO)[C@H](O)[C@H](O[C@]4(C(=O)O)C[C@H](O)[C@@H](NC(C)=O)[C@H]([C@H](O)[C@H](O)CO)O4)[C@H]3O)[C@H]2O)(C(=O)O)C[C@H](O)[C@H]1O. The predicted octanol–water partition coefficient (Wildman–Crippen LogP) is -10.4. The summed E-state index contributed by atoms with van der Waals surface area (Å²) in [5.74, 6) is -11.8. The molecule has 4 saturated heterocycles. The minimum Gasteiger partial charge on any atom is -0.477 e. The largest absolute Gasteiger partial charge is 0.477 e. The number of methoxy groups -OCH3 is 1. The summed E-state index contributed by atoms with van der Waals surface area (Å²) in [5, 5.41) is 164. The second kappa shape index (κ2) is 22.2. The summed E-state index contributed by atoms with van der Waals surface area (Å²) in [6, 6.07) is -3.44. The van der Waals surface area contributed by atoms with Crippen molar-refractivity contribution in [2.24, 2.45) is 0 Å². The third-order valence-electron chi connectivity index (χ3n) is 11.2. The Hall–Kier alpha value is -2.96. The average Bonchev–Trinajstić information content (AvgIpc) is 3.23. The van der Waals surface area contributed by atoms with Gasteiger partial charge in [0.1, 0.15) is 91.5 Å². The number of aliphatic hydroxyl groups is 13. The van der Waals surface area contributed by atoms with Gasteiger partial charge in [0.2, 0.25) is 11.8 Å². The molecule has 0 aliphatic carbocycles. The molecule has 0 aromatic rings. The van der Waals surface area contributed by atoms with E-state index in [0.717, 1.165) is 21.0 Å². The standard InChI is InChI=1S/C35H58N2O27/c1-10(41)36-18-12(43)4-35(33(55)56,62-27(18)21(47)14(45)6-38)64-29-23(49)16(8-40)60-31(25(29)51)61-26-19(37-11(2)42)30(52)59-17(24(26)50)9-58-34(32(53)54)5-13(44)20(46)28(63-34)22(48)15(7-39)57-3/h12-31,38-40,43-52H,4-9H2,1-3H3,(H,36,41)(H,37,42)(H,53,54)(H,55,56)/t12-,13-,14+,15+,16+,17+,18+,19+,20+,21+,22+,23-,24-,25+,26+,27+,28+,29-,30?,31-,34+,35-/m0/s1. The highest BCUT2D eigenvalue weighted by atomic mass is 16.8. The number of aliphatic carboxylic acids is 2. The molecule has 0 aromatic heterocycles. The number of carboxylic acid groups (broad SMARTS) is 2. The molecule has 4 aliphatic rings. The molecule has 29 heteroatoms. The van der Waals surface area contributed by atoms with Crippen LogP contribution in [0.15, 0.2) is 0 Å². The molecule has 0 radical (unpaired) electrons. The molecule has 4 fully saturated rings. The van der Waals surface area contributed by atoms with E-state index in [2.05, 4.69) is 10.6 Å². The van der Waals surface area contributed by atoms with Gasteiger partial charge in [0.15, 0.2) is 12.6 Å². The fraction of sp³-hybridized carbons (Fsp3) is 0.886. The summed E-state index contributed by atoms with van der Waals surface area (Å²) in [6.45, 7) is -2.21. The second-order valence-electron chi connectivity index (χ2n) is 15.7. The van der Waals surface area contributed by atoms with Crippen LogP contribution in [0.4, 0.5) is 0 Å². The summed E-state index contributed by atoms with van der Waals surface area (Å²) in [4.78, 5) is 49.7. The van der Waals surface area contributed by atoms with Gasteiger partial charge in [0.05, 0.1) is 44.7 Å². The molecule has 64 heavy (non-hydrogen) atoms. The molecule has 0 aromatic carbocycles. The fourth-order valence-electron chi connectivity index (χ4n) is 7.82. The van der Waals surface area contributed by atoms with Crippen molar-refractivity contribution in [2.45, 2.75) is 161 Å². The first-order valence-electron chi connectivity index (χ1n) is 19.7. The third kappa shape index (κ3) is 11.4. The van der Waals surface area contributed by atoms with Gasteiger partial charge >= 0.3 is 11.9 Å². The Bertz CT molecular complexity index is 1580. The van der Waals surface area contributed by atoms with Gasteiger partial charge in [0, 0.05) is 33.8 Å². The van der Waals surface area contributed by atoms with Crippen LogP contribution in [0.3, 0.4) is 0 Å². The van der Waals surface area contributed by atoms with Crippen LogP contribution < -0.4 is 10.6 Å². The Morgan fingerprint density at radius 3 is 1.78 bits per heavy atom. The van der Waals surface area contributed by atoms with E-state index in [9.17, 15) is 95.8 Å². The average molecular weight is 939 g/mol. The third-order valence-corrected chi connectivity index (χ3v) is 11.2. The van der Waals surface area contributed by atoms with Gasteiger partial charge < -0.3 is 125 Å². The van der Waals surface area contributed by atoms with Crippen molar-refractivity contribution in [3.63, 3.8) is 0 Å². The molecular formula is C35H58N2O27. The van der Waals surface area contributed by atoms with Crippen LogP contribution >= 0.6 is 0 Å². The number of hydrogen-bond donors (Lipinski definition) is 17. The first-order valence-corrected chi connectivity index (χ1v) is 19.7. The molecule has 22 atom stereocenters. The summed E-state index contributed by atoms with van der Waals surface area (Å²) in [5.41, 5.74) is 0. The first-order chi connectivity index (χ1) is 29.9. The molecule has 370 valence electrons. The number of ether oxygens (including phenoxy) is 8. The molecule has 4 aliphatic heterocycles. The number of rotatable bonds is 19. The molecule has 4 rings (SSSR count). The van der Waals surface area contributed by atoms with Crippen molar-refractivity contribution < 1.29 is 134 Å². The molecule has 0 saturated carbocycles. The Kier molecular flexibility index (Phi) is 18.6. The van der Waals surface area contributed by atoms with Crippen LogP contribution in [0, 0.1) is 0 Å². The zero-order valence-electron chi connectivity index (χ0n) is 34.4. The van der Waals surface area contributed by atoms with E-state index >= 15 is 0 Å². The van der Waals surface area contributed by atoms with Crippen LogP contribution in [-0.2, 0) is 57.1 Å². The van der Waals surface area contributed by atoms with Gasteiger partial charge in [-0.1, -0.05) is 0 Å². The Balaban J connectivity index is 1.65. The van der Waals surface area contributed by atoms with Crippen LogP contribution in [0.2, 0.25) is 0 Å². The highest BCUT2D eigenvalue weighted by Gasteiger charge is 2.61. The van der Waals surface area contributed by atoms with Gasteiger partial charge in [-0.2, -0.15) is 0 Å². The van der Waals surface area contributed by atoms with Crippen LogP contribution in [0.1, 0.15) is 26.7 Å². The lowest BCUT2D eigenvalue weighted by atomic mass is 9.88. The normalized spacial score (nSPS) is 42.4. The molecule has 0 spiro atoms. The van der Waals surface area contributed by atoms with E-state index < -0.39 is 197 Å². The van der Waals surface area contributed by atoms with Crippen molar-refractivity contribution in [1.29, 1.82) is 0 Å². The van der Waals surface area contributed by atoms with Crippen molar-refractivity contribution >= 4 is 23.8 Å².